The van der Waals surface area contributed by atoms with Gasteiger partial charge in [0.25, 0.3) is 0 Å². The van der Waals surface area contributed by atoms with E-state index in [2.05, 4.69) is 22.3 Å². The van der Waals surface area contributed by atoms with E-state index in [1.807, 2.05) is 27.0 Å². The average molecular weight is 278 g/mol. The fourth-order valence-electron chi connectivity index (χ4n) is 2.66. The third-order valence-corrected chi connectivity index (χ3v) is 3.80. The summed E-state index contributed by atoms with van der Waals surface area (Å²) in [7, 11) is 2.05. The van der Waals surface area contributed by atoms with Gasteiger partial charge < -0.3 is 19.7 Å². The molecule has 0 unspecified atom stereocenters. The summed E-state index contributed by atoms with van der Waals surface area (Å²) in [5.74, 6) is 1.69. The van der Waals surface area contributed by atoms with Gasteiger partial charge in [-0.15, -0.1) is 0 Å². The fraction of sp³-hybridized carbons (Fsp3) is 0.625. The average Bonchev–Trinajstić information content (AvgIpc) is 2.50. The summed E-state index contributed by atoms with van der Waals surface area (Å²) in [4.78, 5) is 2.42. The van der Waals surface area contributed by atoms with Crippen LogP contribution in [-0.4, -0.2) is 39.4 Å². The fourth-order valence-corrected chi connectivity index (χ4v) is 2.66. The van der Waals surface area contributed by atoms with Crippen molar-refractivity contribution in [3.63, 3.8) is 0 Å². The van der Waals surface area contributed by atoms with Crippen LogP contribution in [0.2, 0.25) is 0 Å². The number of nitrogens with one attached hydrogen (secondary N) is 1. The lowest BCUT2D eigenvalue weighted by molar-refractivity contribution is 0.287. The van der Waals surface area contributed by atoms with Gasteiger partial charge in [0.05, 0.1) is 13.2 Å². The van der Waals surface area contributed by atoms with Gasteiger partial charge in [0.2, 0.25) is 0 Å². The van der Waals surface area contributed by atoms with Crippen molar-refractivity contribution < 1.29 is 9.47 Å². The molecule has 112 valence electrons. The highest BCUT2D eigenvalue weighted by molar-refractivity contribution is 5.56. The van der Waals surface area contributed by atoms with Gasteiger partial charge in [-0.05, 0) is 45.9 Å². The minimum absolute atomic E-state index is 0.653. The molecule has 4 heteroatoms. The molecule has 0 saturated carbocycles. The molecule has 0 bridgehead atoms. The Kier molecular flexibility index (Phi) is 5.53. The summed E-state index contributed by atoms with van der Waals surface area (Å²) in [5.41, 5.74) is 1.23. The molecule has 0 atom stereocenters. The normalized spacial score (nSPS) is 16.2. The van der Waals surface area contributed by atoms with E-state index in [-0.39, 0.29) is 0 Å². The summed E-state index contributed by atoms with van der Waals surface area (Å²) >= 11 is 0. The monoisotopic (exact) mass is 278 g/mol. The van der Waals surface area contributed by atoms with Gasteiger partial charge in [-0.2, -0.15) is 0 Å². The summed E-state index contributed by atoms with van der Waals surface area (Å²) in [6, 6.07) is 6.91. The van der Waals surface area contributed by atoms with Gasteiger partial charge in [0.15, 0.2) is 11.5 Å². The molecule has 1 aliphatic rings. The number of piperidine rings is 1. The van der Waals surface area contributed by atoms with Crippen molar-refractivity contribution in [2.75, 3.05) is 38.3 Å². The molecule has 1 fully saturated rings. The van der Waals surface area contributed by atoms with Crippen LogP contribution in [0.25, 0.3) is 0 Å². The topological polar surface area (TPSA) is 33.7 Å². The van der Waals surface area contributed by atoms with Gasteiger partial charge in [0.1, 0.15) is 0 Å². The third-order valence-electron chi connectivity index (χ3n) is 3.80. The van der Waals surface area contributed by atoms with Crippen molar-refractivity contribution in [3.05, 3.63) is 18.2 Å². The zero-order valence-electron chi connectivity index (χ0n) is 12.8. The zero-order valence-corrected chi connectivity index (χ0v) is 12.8. The highest BCUT2D eigenvalue weighted by Gasteiger charge is 2.19. The van der Waals surface area contributed by atoms with Crippen LogP contribution in [0.1, 0.15) is 26.7 Å². The van der Waals surface area contributed by atoms with E-state index in [1.165, 1.54) is 18.5 Å². The second kappa shape index (κ2) is 7.39. The molecule has 0 aliphatic carbocycles. The zero-order chi connectivity index (χ0) is 14.4. The quantitative estimate of drug-likeness (QED) is 0.867. The molecule has 1 N–H and O–H groups in total. The number of nitrogens with zero attached hydrogens (tertiary/aromatic N) is 1. The van der Waals surface area contributed by atoms with Crippen molar-refractivity contribution in [2.45, 2.75) is 32.7 Å². The van der Waals surface area contributed by atoms with Gasteiger partial charge >= 0.3 is 0 Å². The first-order valence-electron chi connectivity index (χ1n) is 7.60. The number of benzene rings is 1. The Morgan fingerprint density at radius 1 is 1.10 bits per heavy atom. The molecule has 1 saturated heterocycles. The summed E-state index contributed by atoms with van der Waals surface area (Å²) in [5, 5.41) is 3.36. The summed E-state index contributed by atoms with van der Waals surface area (Å²) in [6.07, 6.45) is 2.38. The standard InChI is InChI=1S/C16H26N2O2/c1-4-19-15-7-6-14(12-16(15)20-5-2)18-10-8-13(17-3)9-11-18/h6-7,12-13,17H,4-5,8-11H2,1-3H3. The van der Waals surface area contributed by atoms with E-state index in [0.717, 1.165) is 24.6 Å². The lowest BCUT2D eigenvalue weighted by Gasteiger charge is -2.33. The molecule has 0 aromatic heterocycles. The lowest BCUT2D eigenvalue weighted by Crippen LogP contribution is -2.41. The molecule has 1 heterocycles. The van der Waals surface area contributed by atoms with Gasteiger partial charge in [-0.3, -0.25) is 0 Å². The molecular formula is C16H26N2O2. The predicted molar refractivity (Wildman–Crippen MR) is 83.1 cm³/mol. The van der Waals surface area contributed by atoms with Crippen LogP contribution >= 0.6 is 0 Å². The number of hydrogen-bond acceptors (Lipinski definition) is 4. The maximum atomic E-state index is 5.70. The molecule has 0 spiro atoms. The van der Waals surface area contributed by atoms with E-state index >= 15 is 0 Å². The Morgan fingerprint density at radius 3 is 2.35 bits per heavy atom. The lowest BCUT2D eigenvalue weighted by atomic mass is 10.0. The number of hydrogen-bond donors (Lipinski definition) is 1. The van der Waals surface area contributed by atoms with E-state index < -0.39 is 0 Å². The highest BCUT2D eigenvalue weighted by atomic mass is 16.5. The maximum absolute atomic E-state index is 5.70. The van der Waals surface area contributed by atoms with Crippen molar-refractivity contribution in [3.8, 4) is 11.5 Å². The Hall–Kier alpha value is -1.42. The number of ether oxygens (including phenoxy) is 2. The molecule has 20 heavy (non-hydrogen) atoms. The largest absolute Gasteiger partial charge is 0.490 e. The van der Waals surface area contributed by atoms with E-state index in [4.69, 9.17) is 9.47 Å². The Bertz CT molecular complexity index is 415. The molecule has 0 radical (unpaired) electrons. The Morgan fingerprint density at radius 2 is 1.75 bits per heavy atom. The second-order valence-corrected chi connectivity index (χ2v) is 5.05. The van der Waals surface area contributed by atoms with Crippen LogP contribution in [0.4, 0.5) is 5.69 Å². The van der Waals surface area contributed by atoms with E-state index in [9.17, 15) is 0 Å². The SMILES string of the molecule is CCOc1ccc(N2CCC(NC)CC2)cc1OCC. The van der Waals surface area contributed by atoms with E-state index in [0.29, 0.717) is 19.3 Å². The van der Waals surface area contributed by atoms with Crippen molar-refractivity contribution >= 4 is 5.69 Å². The predicted octanol–water partition coefficient (Wildman–Crippen LogP) is 2.67. The molecule has 0 amide bonds. The minimum Gasteiger partial charge on any atom is -0.490 e. The van der Waals surface area contributed by atoms with Gasteiger partial charge in [0, 0.05) is 30.9 Å². The van der Waals surface area contributed by atoms with Crippen molar-refractivity contribution in [1.29, 1.82) is 0 Å². The van der Waals surface area contributed by atoms with Crippen LogP contribution in [0.3, 0.4) is 0 Å². The Balaban J connectivity index is 2.10. The number of anilines is 1. The maximum Gasteiger partial charge on any atom is 0.163 e. The van der Waals surface area contributed by atoms with Crippen LogP contribution < -0.4 is 19.7 Å². The third kappa shape index (κ3) is 3.57. The van der Waals surface area contributed by atoms with Gasteiger partial charge in [-0.1, -0.05) is 0 Å². The van der Waals surface area contributed by atoms with E-state index in [1.54, 1.807) is 0 Å². The van der Waals surface area contributed by atoms with Crippen molar-refractivity contribution in [2.24, 2.45) is 0 Å². The molecule has 4 nitrogen and oxygen atoms in total. The number of rotatable bonds is 6. The summed E-state index contributed by atoms with van der Waals surface area (Å²) < 4.78 is 11.3. The molecule has 1 aliphatic heterocycles. The van der Waals surface area contributed by atoms with Gasteiger partial charge in [-0.25, -0.2) is 0 Å². The first kappa shape index (κ1) is 15.0. The van der Waals surface area contributed by atoms with Crippen molar-refractivity contribution in [1.82, 2.24) is 5.32 Å². The van der Waals surface area contributed by atoms with Crippen LogP contribution in [-0.2, 0) is 0 Å². The molecule has 1 aromatic carbocycles. The Labute approximate surface area is 122 Å². The highest BCUT2D eigenvalue weighted by Crippen LogP contribution is 2.33. The molecule has 1 aromatic rings. The second-order valence-electron chi connectivity index (χ2n) is 5.05. The summed E-state index contributed by atoms with van der Waals surface area (Å²) in [6.45, 7) is 7.49. The smallest absolute Gasteiger partial charge is 0.163 e. The molecular weight excluding hydrogens is 252 g/mol. The first-order valence-corrected chi connectivity index (χ1v) is 7.60. The van der Waals surface area contributed by atoms with Crippen LogP contribution in [0.15, 0.2) is 18.2 Å². The van der Waals surface area contributed by atoms with Crippen LogP contribution in [0, 0.1) is 0 Å². The van der Waals surface area contributed by atoms with Crippen LogP contribution in [0.5, 0.6) is 11.5 Å². The first-order chi connectivity index (χ1) is 9.78. The minimum atomic E-state index is 0.653. The molecule has 2 rings (SSSR count).